The monoisotopic (exact) mass is 570 g/mol. The summed E-state index contributed by atoms with van der Waals surface area (Å²) in [6, 6.07) is 15.0. The minimum absolute atomic E-state index is 0.114. The molecule has 0 N–H and O–H groups in total. The first-order chi connectivity index (χ1) is 19.3. The second kappa shape index (κ2) is 11.8. The zero-order chi connectivity index (χ0) is 28.3. The highest BCUT2D eigenvalue weighted by Gasteiger charge is 2.34. The fraction of sp³-hybridized carbons (Fsp3) is 0.345. The number of amides is 1. The molecule has 0 saturated carbocycles. The number of hydrogen-bond acceptors (Lipinski definition) is 7. The Morgan fingerprint density at radius 3 is 2.25 bits per heavy atom. The molecule has 0 aliphatic carbocycles. The van der Waals surface area contributed by atoms with E-state index in [1.54, 1.807) is 19.1 Å². The maximum absolute atomic E-state index is 13.8. The first-order valence-electron chi connectivity index (χ1n) is 12.9. The van der Waals surface area contributed by atoms with Crippen LogP contribution in [0.15, 0.2) is 65.6 Å². The smallest absolute Gasteiger partial charge is 0.254 e. The van der Waals surface area contributed by atoms with Gasteiger partial charge in [0.15, 0.2) is 11.5 Å². The molecule has 2 heterocycles. The quantitative estimate of drug-likeness (QED) is 0.408. The van der Waals surface area contributed by atoms with Gasteiger partial charge in [-0.2, -0.15) is 4.31 Å². The number of benzene rings is 3. The normalized spacial score (nSPS) is 17.7. The zero-order valence-corrected chi connectivity index (χ0v) is 23.2. The first kappa shape index (κ1) is 27.9. The second-order valence-electron chi connectivity index (χ2n) is 9.48. The summed E-state index contributed by atoms with van der Waals surface area (Å²) in [7, 11) is -0.562. The average Bonchev–Trinajstić information content (AvgIpc) is 3.00. The lowest BCUT2D eigenvalue weighted by Crippen LogP contribution is -2.42. The van der Waals surface area contributed by atoms with E-state index in [9.17, 15) is 17.6 Å². The number of ether oxygens (including phenoxy) is 4. The number of morpholine rings is 1. The maximum atomic E-state index is 13.8. The number of carbonyl (C=O) groups is 1. The van der Waals surface area contributed by atoms with Gasteiger partial charge in [-0.25, -0.2) is 12.8 Å². The van der Waals surface area contributed by atoms with E-state index < -0.39 is 16.1 Å². The van der Waals surface area contributed by atoms with Crippen LogP contribution < -0.4 is 14.2 Å². The van der Waals surface area contributed by atoms with Gasteiger partial charge in [-0.3, -0.25) is 4.79 Å². The van der Waals surface area contributed by atoms with Crippen LogP contribution in [0.5, 0.6) is 17.2 Å². The standard InChI is InChI=1S/C29H31FN2O7S/c1-36-27-17-21-11-12-32(26(25(21)18-28(27)37-2)19-39-23-7-5-22(30)6-8-23)29(33)20-3-9-24(10-4-20)40(34,35)31-13-15-38-16-14-31/h3-10,17-18,26H,11-16,19H2,1-2H3/t26-/m1/s1. The molecular formula is C29H31FN2O7S. The van der Waals surface area contributed by atoms with Gasteiger partial charge in [-0.15, -0.1) is 0 Å². The average molecular weight is 571 g/mol. The Bertz CT molecular complexity index is 1460. The summed E-state index contributed by atoms with van der Waals surface area (Å²) in [5, 5.41) is 0. The van der Waals surface area contributed by atoms with E-state index in [0.29, 0.717) is 62.1 Å². The van der Waals surface area contributed by atoms with Gasteiger partial charge in [-0.05, 0) is 78.2 Å². The predicted octanol–water partition coefficient (Wildman–Crippen LogP) is 3.68. The van der Waals surface area contributed by atoms with E-state index >= 15 is 0 Å². The van der Waals surface area contributed by atoms with Gasteiger partial charge in [0.1, 0.15) is 18.2 Å². The molecule has 11 heteroatoms. The molecule has 3 aromatic carbocycles. The third kappa shape index (κ3) is 5.63. The Hall–Kier alpha value is -3.67. The van der Waals surface area contributed by atoms with E-state index in [4.69, 9.17) is 18.9 Å². The topological polar surface area (TPSA) is 94.6 Å². The summed E-state index contributed by atoms with van der Waals surface area (Å²) in [5.74, 6) is 0.960. The molecule has 1 atom stereocenters. The maximum Gasteiger partial charge on any atom is 0.254 e. The van der Waals surface area contributed by atoms with Crippen molar-refractivity contribution in [3.63, 3.8) is 0 Å². The van der Waals surface area contributed by atoms with Crippen LogP contribution in [0.2, 0.25) is 0 Å². The molecule has 0 spiro atoms. The van der Waals surface area contributed by atoms with Gasteiger partial charge in [0.05, 0.1) is 38.4 Å². The van der Waals surface area contributed by atoms with Crippen LogP contribution >= 0.6 is 0 Å². The van der Waals surface area contributed by atoms with Crippen molar-refractivity contribution in [1.82, 2.24) is 9.21 Å². The number of halogens is 1. The number of methoxy groups -OCH3 is 2. The van der Waals surface area contributed by atoms with Crippen molar-refractivity contribution in [2.75, 3.05) is 53.7 Å². The SMILES string of the molecule is COc1cc2c(cc1OC)[C@@H](COc1ccc(F)cc1)N(C(=O)c1ccc(S(=O)(=O)N3CCOCC3)cc1)CC2. The van der Waals surface area contributed by atoms with Crippen LogP contribution in [0.4, 0.5) is 4.39 Å². The molecule has 40 heavy (non-hydrogen) atoms. The van der Waals surface area contributed by atoms with Crippen molar-refractivity contribution in [1.29, 1.82) is 0 Å². The Kier molecular flexibility index (Phi) is 8.24. The van der Waals surface area contributed by atoms with Gasteiger partial charge in [0.25, 0.3) is 5.91 Å². The van der Waals surface area contributed by atoms with Crippen LogP contribution in [-0.2, 0) is 21.2 Å². The Morgan fingerprint density at radius 1 is 0.950 bits per heavy atom. The lowest BCUT2D eigenvalue weighted by atomic mass is 9.91. The minimum Gasteiger partial charge on any atom is -0.493 e. The fourth-order valence-electron chi connectivity index (χ4n) is 5.03. The molecular weight excluding hydrogens is 539 g/mol. The number of nitrogens with zero attached hydrogens (tertiary/aromatic N) is 2. The molecule has 3 aromatic rings. The van der Waals surface area contributed by atoms with Crippen LogP contribution in [0.1, 0.15) is 27.5 Å². The van der Waals surface area contributed by atoms with Crippen LogP contribution in [-0.4, -0.2) is 77.2 Å². The lowest BCUT2D eigenvalue weighted by Gasteiger charge is -2.37. The molecule has 212 valence electrons. The summed E-state index contributed by atoms with van der Waals surface area (Å²) in [6.45, 7) is 1.81. The summed E-state index contributed by atoms with van der Waals surface area (Å²) in [5.41, 5.74) is 2.21. The molecule has 1 saturated heterocycles. The minimum atomic E-state index is -3.68. The second-order valence-corrected chi connectivity index (χ2v) is 11.4. The number of hydrogen-bond donors (Lipinski definition) is 0. The number of fused-ring (bicyclic) bond motifs is 1. The Balaban J connectivity index is 1.43. The van der Waals surface area contributed by atoms with Gasteiger partial charge in [0, 0.05) is 25.2 Å². The summed E-state index contributed by atoms with van der Waals surface area (Å²) < 4.78 is 63.1. The number of rotatable bonds is 8. The van der Waals surface area contributed by atoms with Gasteiger partial charge in [0.2, 0.25) is 10.0 Å². The van der Waals surface area contributed by atoms with Crippen molar-refractivity contribution in [2.45, 2.75) is 17.4 Å². The van der Waals surface area contributed by atoms with Crippen molar-refractivity contribution >= 4 is 15.9 Å². The Labute approximate surface area is 233 Å². The predicted molar refractivity (Wildman–Crippen MR) is 145 cm³/mol. The molecule has 5 rings (SSSR count). The molecule has 2 aliphatic heterocycles. The van der Waals surface area contributed by atoms with Crippen molar-refractivity contribution in [3.8, 4) is 17.2 Å². The summed E-state index contributed by atoms with van der Waals surface area (Å²) >= 11 is 0. The summed E-state index contributed by atoms with van der Waals surface area (Å²) in [4.78, 5) is 15.6. The largest absolute Gasteiger partial charge is 0.493 e. The molecule has 1 amide bonds. The van der Waals surface area contributed by atoms with Crippen molar-refractivity contribution < 1.29 is 36.6 Å². The van der Waals surface area contributed by atoms with Crippen LogP contribution in [0, 0.1) is 5.82 Å². The third-order valence-corrected chi connectivity index (χ3v) is 9.11. The van der Waals surface area contributed by atoms with Gasteiger partial charge < -0.3 is 23.8 Å². The number of carbonyl (C=O) groups excluding carboxylic acids is 1. The lowest BCUT2D eigenvalue weighted by molar-refractivity contribution is 0.0589. The summed E-state index contributed by atoms with van der Waals surface area (Å²) in [6.07, 6.45) is 0.581. The van der Waals surface area contributed by atoms with Crippen LogP contribution in [0.3, 0.4) is 0 Å². The van der Waals surface area contributed by atoms with Crippen LogP contribution in [0.25, 0.3) is 0 Å². The molecule has 1 fully saturated rings. The Morgan fingerprint density at radius 2 is 1.60 bits per heavy atom. The highest BCUT2D eigenvalue weighted by Crippen LogP contribution is 2.39. The van der Waals surface area contributed by atoms with Crippen molar-refractivity contribution in [3.05, 3.63) is 83.2 Å². The van der Waals surface area contributed by atoms with Gasteiger partial charge in [-0.1, -0.05) is 0 Å². The van der Waals surface area contributed by atoms with E-state index in [-0.39, 0.29) is 23.2 Å². The highest BCUT2D eigenvalue weighted by molar-refractivity contribution is 7.89. The fourth-order valence-corrected chi connectivity index (χ4v) is 6.44. The van der Waals surface area contributed by atoms with E-state index in [0.717, 1.165) is 11.1 Å². The number of sulfonamides is 1. The molecule has 0 radical (unpaired) electrons. The molecule has 2 aliphatic rings. The first-order valence-corrected chi connectivity index (χ1v) is 14.4. The van der Waals surface area contributed by atoms with E-state index in [1.807, 2.05) is 12.1 Å². The zero-order valence-electron chi connectivity index (χ0n) is 22.3. The molecule has 0 aromatic heterocycles. The molecule has 0 unspecified atom stereocenters. The molecule has 0 bridgehead atoms. The van der Waals surface area contributed by atoms with E-state index in [1.165, 1.54) is 52.8 Å². The highest BCUT2D eigenvalue weighted by atomic mass is 32.2. The van der Waals surface area contributed by atoms with E-state index in [2.05, 4.69) is 0 Å². The van der Waals surface area contributed by atoms with Crippen molar-refractivity contribution in [2.24, 2.45) is 0 Å². The molecule has 9 nitrogen and oxygen atoms in total. The van der Waals surface area contributed by atoms with Gasteiger partial charge >= 0.3 is 0 Å². The third-order valence-electron chi connectivity index (χ3n) is 7.19.